The first-order chi connectivity index (χ1) is 16.0. The van der Waals surface area contributed by atoms with Gasteiger partial charge in [0.1, 0.15) is 0 Å². The summed E-state index contributed by atoms with van der Waals surface area (Å²) in [5, 5.41) is 0. The monoisotopic (exact) mass is 454 g/mol. The number of aliphatic imine (C=N–C) groups is 1. The summed E-state index contributed by atoms with van der Waals surface area (Å²) >= 11 is 0. The highest BCUT2D eigenvalue weighted by atomic mass is 32.2. The quantitative estimate of drug-likeness (QED) is 0.300. The third kappa shape index (κ3) is 6.04. The first kappa shape index (κ1) is 22.6. The molecule has 0 amide bonds. The molecule has 0 fully saturated rings. The molecule has 33 heavy (non-hydrogen) atoms. The van der Waals surface area contributed by atoms with Gasteiger partial charge >= 0.3 is 0 Å². The van der Waals surface area contributed by atoms with Crippen molar-refractivity contribution >= 4 is 21.9 Å². The molecule has 0 aliphatic rings. The number of sulfonamides is 1. The van der Waals surface area contributed by atoms with E-state index in [2.05, 4.69) is 4.99 Å². The average molecular weight is 455 g/mol. The molecule has 0 radical (unpaired) electrons. The van der Waals surface area contributed by atoms with Gasteiger partial charge in [0.2, 0.25) is 10.0 Å². The summed E-state index contributed by atoms with van der Waals surface area (Å²) in [6, 6.07) is 34.1. The third-order valence-electron chi connectivity index (χ3n) is 5.32. The van der Waals surface area contributed by atoms with Crippen LogP contribution in [0, 0.1) is 6.92 Å². The van der Waals surface area contributed by atoms with Crippen LogP contribution in [0.15, 0.2) is 119 Å². The summed E-state index contributed by atoms with van der Waals surface area (Å²) < 4.78 is 28.6. The minimum atomic E-state index is -3.70. The Balaban J connectivity index is 1.57. The molecule has 4 aromatic rings. The maximum absolute atomic E-state index is 13.6. The molecule has 0 spiro atoms. The lowest BCUT2D eigenvalue weighted by atomic mass is 10.2. The van der Waals surface area contributed by atoms with Crippen LogP contribution < -0.4 is 0 Å². The van der Waals surface area contributed by atoms with E-state index < -0.39 is 10.0 Å². The smallest absolute Gasteiger partial charge is 0.243 e. The van der Waals surface area contributed by atoms with E-state index in [9.17, 15) is 8.42 Å². The summed E-state index contributed by atoms with van der Waals surface area (Å²) in [4.78, 5) is 4.73. The molecule has 5 heteroatoms. The second kappa shape index (κ2) is 10.4. The van der Waals surface area contributed by atoms with Crippen LogP contribution >= 0.6 is 0 Å². The molecule has 0 aliphatic heterocycles. The SMILES string of the molecule is Cc1ccc(C=Nc2ccc(S(=O)(=O)N(Cc3ccccc3)Cc3ccccc3)cc2)cc1. The highest BCUT2D eigenvalue weighted by Gasteiger charge is 2.25. The summed E-state index contributed by atoms with van der Waals surface area (Å²) in [5.41, 5.74) is 4.77. The second-order valence-corrected chi connectivity index (χ2v) is 9.85. The normalized spacial score (nSPS) is 11.8. The number of nitrogens with zero attached hydrogens (tertiary/aromatic N) is 2. The zero-order chi connectivity index (χ0) is 23.1. The Morgan fingerprint density at radius 3 is 1.73 bits per heavy atom. The maximum atomic E-state index is 13.6. The molecule has 0 saturated heterocycles. The Morgan fingerprint density at radius 1 is 0.697 bits per heavy atom. The van der Waals surface area contributed by atoms with E-state index in [0.29, 0.717) is 18.8 Å². The van der Waals surface area contributed by atoms with Crippen molar-refractivity contribution in [3.8, 4) is 0 Å². The van der Waals surface area contributed by atoms with Gasteiger partial charge in [-0.1, -0.05) is 90.5 Å². The molecule has 0 atom stereocenters. The number of rotatable bonds is 8. The van der Waals surface area contributed by atoms with Crippen LogP contribution in [-0.4, -0.2) is 18.9 Å². The third-order valence-corrected chi connectivity index (χ3v) is 7.12. The Morgan fingerprint density at radius 2 is 1.21 bits per heavy atom. The Hall–Kier alpha value is -3.54. The predicted octanol–water partition coefficient (Wildman–Crippen LogP) is 6.14. The molecule has 4 nitrogen and oxygen atoms in total. The molecule has 0 saturated carbocycles. The molecular weight excluding hydrogens is 428 g/mol. The number of benzene rings is 4. The summed E-state index contributed by atoms with van der Waals surface area (Å²) in [5.74, 6) is 0. The molecule has 0 bridgehead atoms. The lowest BCUT2D eigenvalue weighted by Gasteiger charge is -2.22. The maximum Gasteiger partial charge on any atom is 0.243 e. The predicted molar refractivity (Wildman–Crippen MR) is 134 cm³/mol. The first-order valence-corrected chi connectivity index (χ1v) is 12.2. The fourth-order valence-electron chi connectivity index (χ4n) is 3.45. The van der Waals surface area contributed by atoms with Crippen molar-refractivity contribution in [2.45, 2.75) is 24.9 Å². The standard InChI is InChI=1S/C28H26N2O2S/c1-23-12-14-24(15-13-23)20-29-27-16-18-28(19-17-27)33(31,32)30(21-25-8-4-2-5-9-25)22-26-10-6-3-7-11-26/h2-20H,21-22H2,1H3. The van der Waals surface area contributed by atoms with E-state index in [4.69, 9.17) is 0 Å². The zero-order valence-corrected chi connectivity index (χ0v) is 19.3. The lowest BCUT2D eigenvalue weighted by Crippen LogP contribution is -2.30. The van der Waals surface area contributed by atoms with Crippen LogP contribution in [0.25, 0.3) is 0 Å². The molecule has 0 unspecified atom stereocenters. The van der Waals surface area contributed by atoms with Crippen molar-refractivity contribution in [1.29, 1.82) is 0 Å². The second-order valence-electron chi connectivity index (χ2n) is 7.91. The van der Waals surface area contributed by atoms with Gasteiger partial charge < -0.3 is 0 Å². The van der Waals surface area contributed by atoms with Crippen molar-refractivity contribution in [2.75, 3.05) is 0 Å². The van der Waals surface area contributed by atoms with Gasteiger partial charge in [-0.25, -0.2) is 8.42 Å². The van der Waals surface area contributed by atoms with Gasteiger partial charge in [-0.15, -0.1) is 0 Å². The number of aryl methyl sites for hydroxylation is 1. The molecule has 0 N–H and O–H groups in total. The van der Waals surface area contributed by atoms with Gasteiger partial charge in [0.15, 0.2) is 0 Å². The number of hydrogen-bond donors (Lipinski definition) is 0. The Bertz CT molecular complexity index is 1260. The summed E-state index contributed by atoms with van der Waals surface area (Å²) in [6.45, 7) is 2.63. The van der Waals surface area contributed by atoms with Crippen molar-refractivity contribution in [3.05, 3.63) is 131 Å². The van der Waals surface area contributed by atoms with E-state index in [1.165, 1.54) is 9.87 Å². The summed E-state index contributed by atoms with van der Waals surface area (Å²) in [6.07, 6.45) is 1.78. The van der Waals surface area contributed by atoms with Crippen molar-refractivity contribution < 1.29 is 8.42 Å². The molecule has 4 aromatic carbocycles. The van der Waals surface area contributed by atoms with Gasteiger partial charge in [-0.2, -0.15) is 4.31 Å². The molecule has 0 aliphatic carbocycles. The molecule has 166 valence electrons. The van der Waals surface area contributed by atoms with Crippen molar-refractivity contribution in [3.63, 3.8) is 0 Å². The fraction of sp³-hybridized carbons (Fsp3) is 0.107. The first-order valence-electron chi connectivity index (χ1n) is 10.8. The van der Waals surface area contributed by atoms with Gasteiger partial charge in [0.05, 0.1) is 10.6 Å². The molecule has 4 rings (SSSR count). The molecule has 0 heterocycles. The average Bonchev–Trinajstić information content (AvgIpc) is 2.85. The molecular formula is C28H26N2O2S. The Labute approximate surface area is 195 Å². The van der Waals surface area contributed by atoms with E-state index in [-0.39, 0.29) is 4.90 Å². The van der Waals surface area contributed by atoms with Crippen molar-refractivity contribution in [1.82, 2.24) is 4.31 Å². The van der Waals surface area contributed by atoms with Crippen LogP contribution in [0.1, 0.15) is 22.3 Å². The minimum absolute atomic E-state index is 0.253. The highest BCUT2D eigenvalue weighted by Crippen LogP contribution is 2.23. The van der Waals surface area contributed by atoms with Gasteiger partial charge in [0, 0.05) is 19.3 Å². The molecule has 0 aromatic heterocycles. The van der Waals surface area contributed by atoms with Gasteiger partial charge in [-0.3, -0.25) is 4.99 Å². The number of hydrogen-bond acceptors (Lipinski definition) is 3. The van der Waals surface area contributed by atoms with Crippen LogP contribution in [0.5, 0.6) is 0 Å². The minimum Gasteiger partial charge on any atom is -0.256 e. The largest absolute Gasteiger partial charge is 0.256 e. The summed E-state index contributed by atoms with van der Waals surface area (Å²) in [7, 11) is -3.70. The van der Waals surface area contributed by atoms with Crippen molar-refractivity contribution in [2.24, 2.45) is 4.99 Å². The van der Waals surface area contributed by atoms with Gasteiger partial charge in [0.25, 0.3) is 0 Å². The highest BCUT2D eigenvalue weighted by molar-refractivity contribution is 7.89. The van der Waals surface area contributed by atoms with Crippen LogP contribution in [-0.2, 0) is 23.1 Å². The fourth-order valence-corrected chi connectivity index (χ4v) is 4.87. The van der Waals surface area contributed by atoms with E-state index >= 15 is 0 Å². The zero-order valence-electron chi connectivity index (χ0n) is 18.5. The van der Waals surface area contributed by atoms with E-state index in [0.717, 1.165) is 16.7 Å². The van der Waals surface area contributed by atoms with Gasteiger partial charge in [-0.05, 0) is 47.9 Å². The lowest BCUT2D eigenvalue weighted by molar-refractivity contribution is 0.401. The van der Waals surface area contributed by atoms with Crippen LogP contribution in [0.4, 0.5) is 5.69 Å². The van der Waals surface area contributed by atoms with E-state index in [1.54, 1.807) is 30.5 Å². The van der Waals surface area contributed by atoms with Crippen LogP contribution in [0.2, 0.25) is 0 Å². The van der Waals surface area contributed by atoms with Crippen LogP contribution in [0.3, 0.4) is 0 Å². The Kier molecular flexibility index (Phi) is 7.13. The topological polar surface area (TPSA) is 49.7 Å². The van der Waals surface area contributed by atoms with E-state index in [1.807, 2.05) is 91.9 Å².